The summed E-state index contributed by atoms with van der Waals surface area (Å²) in [6.07, 6.45) is 1.45. The number of piperidine rings is 1. The summed E-state index contributed by atoms with van der Waals surface area (Å²) in [7, 11) is 3.92. The number of carbonyl (C=O) groups excluding carboxylic acids is 3. The molecule has 1 aliphatic rings. The van der Waals surface area contributed by atoms with Crippen LogP contribution in [0.15, 0.2) is 24.3 Å². The van der Waals surface area contributed by atoms with E-state index in [-0.39, 0.29) is 24.8 Å². The Labute approximate surface area is 185 Å². The van der Waals surface area contributed by atoms with E-state index in [2.05, 4.69) is 10.6 Å². The Morgan fingerprint density at radius 3 is 2.23 bits per heavy atom. The standard InChI is InChI=1S/C23H36N4O4/c1-23(2,3)31-22(30)24-13-10-20(28)27-14-11-17(12-15-27)16-25-21(29)18-6-8-19(9-7-18)26(4)5/h6-9,17H,10-16H2,1-5H3,(H,24,30)(H,25,29). The number of likely N-dealkylation sites (tertiary alicyclic amines) is 1. The molecule has 1 heterocycles. The molecule has 1 aromatic carbocycles. The van der Waals surface area contributed by atoms with Crippen molar-refractivity contribution >= 4 is 23.6 Å². The number of ether oxygens (including phenoxy) is 1. The Balaban J connectivity index is 1.66. The molecule has 0 unspecified atom stereocenters. The van der Waals surface area contributed by atoms with Gasteiger partial charge >= 0.3 is 6.09 Å². The Hall–Kier alpha value is -2.77. The van der Waals surface area contributed by atoms with Crippen molar-refractivity contribution in [2.45, 2.75) is 45.6 Å². The van der Waals surface area contributed by atoms with E-state index in [4.69, 9.17) is 4.74 Å². The van der Waals surface area contributed by atoms with Gasteiger partial charge in [-0.05, 0) is 63.8 Å². The van der Waals surface area contributed by atoms with Crippen molar-refractivity contribution in [3.63, 3.8) is 0 Å². The van der Waals surface area contributed by atoms with Gasteiger partial charge in [0.25, 0.3) is 5.91 Å². The predicted octanol–water partition coefficient (Wildman–Crippen LogP) is 2.64. The van der Waals surface area contributed by atoms with E-state index >= 15 is 0 Å². The van der Waals surface area contributed by atoms with Gasteiger partial charge in [0.05, 0.1) is 0 Å². The van der Waals surface area contributed by atoms with E-state index in [0.717, 1.165) is 18.5 Å². The van der Waals surface area contributed by atoms with E-state index in [1.165, 1.54) is 0 Å². The van der Waals surface area contributed by atoms with Crippen LogP contribution in [0.4, 0.5) is 10.5 Å². The first-order chi connectivity index (χ1) is 14.5. The molecule has 1 saturated heterocycles. The zero-order valence-corrected chi connectivity index (χ0v) is 19.4. The van der Waals surface area contributed by atoms with Crippen LogP contribution in [0.2, 0.25) is 0 Å². The number of carbonyl (C=O) groups is 3. The van der Waals surface area contributed by atoms with Crippen LogP contribution >= 0.6 is 0 Å². The van der Waals surface area contributed by atoms with Crippen molar-refractivity contribution in [1.29, 1.82) is 0 Å². The minimum atomic E-state index is -0.554. The third-order valence-corrected chi connectivity index (χ3v) is 5.17. The molecule has 0 aromatic heterocycles. The Bertz CT molecular complexity index is 748. The highest BCUT2D eigenvalue weighted by Crippen LogP contribution is 2.18. The third kappa shape index (κ3) is 8.47. The van der Waals surface area contributed by atoms with E-state index in [1.54, 1.807) is 20.8 Å². The van der Waals surface area contributed by atoms with Crippen molar-refractivity contribution in [3.8, 4) is 0 Å². The van der Waals surface area contributed by atoms with E-state index < -0.39 is 11.7 Å². The molecule has 172 valence electrons. The normalized spacial score (nSPS) is 14.7. The summed E-state index contributed by atoms with van der Waals surface area (Å²) in [5.74, 6) is 0.311. The van der Waals surface area contributed by atoms with Crippen molar-refractivity contribution in [1.82, 2.24) is 15.5 Å². The lowest BCUT2D eigenvalue weighted by Gasteiger charge is -2.32. The van der Waals surface area contributed by atoms with Gasteiger partial charge in [-0.3, -0.25) is 9.59 Å². The zero-order chi connectivity index (χ0) is 23.0. The van der Waals surface area contributed by atoms with Gasteiger partial charge in [-0.15, -0.1) is 0 Å². The summed E-state index contributed by atoms with van der Waals surface area (Å²) in [5.41, 5.74) is 1.15. The molecule has 0 atom stereocenters. The molecule has 0 radical (unpaired) electrons. The van der Waals surface area contributed by atoms with Crippen LogP contribution in [-0.2, 0) is 9.53 Å². The SMILES string of the molecule is CN(C)c1ccc(C(=O)NCC2CCN(C(=O)CCNC(=O)OC(C)(C)C)CC2)cc1. The maximum Gasteiger partial charge on any atom is 0.407 e. The predicted molar refractivity (Wildman–Crippen MR) is 121 cm³/mol. The lowest BCUT2D eigenvalue weighted by atomic mass is 9.96. The third-order valence-electron chi connectivity index (χ3n) is 5.17. The molecule has 3 amide bonds. The highest BCUT2D eigenvalue weighted by molar-refractivity contribution is 5.94. The van der Waals surface area contributed by atoms with Crippen molar-refractivity contribution < 1.29 is 19.1 Å². The summed E-state index contributed by atoms with van der Waals surface area (Å²) in [6, 6.07) is 7.52. The first-order valence-electron chi connectivity index (χ1n) is 10.9. The molecule has 1 fully saturated rings. The van der Waals surface area contributed by atoms with Crippen molar-refractivity contribution in [2.24, 2.45) is 5.92 Å². The van der Waals surface area contributed by atoms with Gasteiger partial charge in [-0.25, -0.2) is 4.79 Å². The summed E-state index contributed by atoms with van der Waals surface area (Å²) >= 11 is 0. The zero-order valence-electron chi connectivity index (χ0n) is 19.4. The number of hydrogen-bond donors (Lipinski definition) is 2. The van der Waals surface area contributed by atoms with E-state index in [0.29, 0.717) is 31.1 Å². The fourth-order valence-electron chi connectivity index (χ4n) is 3.38. The molecular weight excluding hydrogens is 396 g/mol. The maximum atomic E-state index is 12.4. The van der Waals surface area contributed by atoms with Crippen LogP contribution in [0.25, 0.3) is 0 Å². The minimum absolute atomic E-state index is 0.0273. The average Bonchev–Trinajstić information content (AvgIpc) is 2.71. The Kier molecular flexibility index (Phi) is 8.71. The van der Waals surface area contributed by atoms with Gasteiger partial charge in [0, 0.05) is 57.9 Å². The molecule has 0 saturated carbocycles. The highest BCUT2D eigenvalue weighted by atomic mass is 16.6. The quantitative estimate of drug-likeness (QED) is 0.691. The van der Waals surface area contributed by atoms with Crippen LogP contribution in [0.1, 0.15) is 50.4 Å². The molecule has 0 bridgehead atoms. The molecule has 2 rings (SSSR count). The Morgan fingerprint density at radius 1 is 1.06 bits per heavy atom. The number of alkyl carbamates (subject to hydrolysis) is 1. The second kappa shape index (κ2) is 11.0. The van der Waals surface area contributed by atoms with Crippen LogP contribution in [0, 0.1) is 5.92 Å². The number of nitrogens with one attached hydrogen (secondary N) is 2. The van der Waals surface area contributed by atoms with Gasteiger partial charge in [-0.2, -0.15) is 0 Å². The van der Waals surface area contributed by atoms with Crippen LogP contribution < -0.4 is 15.5 Å². The number of anilines is 1. The number of hydrogen-bond acceptors (Lipinski definition) is 5. The molecule has 0 spiro atoms. The van der Waals surface area contributed by atoms with Gasteiger partial charge in [0.15, 0.2) is 0 Å². The summed E-state index contributed by atoms with van der Waals surface area (Å²) in [6.45, 7) is 7.60. The van der Waals surface area contributed by atoms with Gasteiger partial charge in [0.2, 0.25) is 5.91 Å². The smallest absolute Gasteiger partial charge is 0.407 e. The number of nitrogens with zero attached hydrogens (tertiary/aromatic N) is 2. The summed E-state index contributed by atoms with van der Waals surface area (Å²) in [5, 5.41) is 5.63. The lowest BCUT2D eigenvalue weighted by molar-refractivity contribution is -0.132. The molecule has 31 heavy (non-hydrogen) atoms. The molecule has 8 heteroatoms. The number of rotatable bonds is 7. The first-order valence-corrected chi connectivity index (χ1v) is 10.9. The van der Waals surface area contributed by atoms with E-state index in [1.807, 2.05) is 48.2 Å². The highest BCUT2D eigenvalue weighted by Gasteiger charge is 2.23. The Morgan fingerprint density at radius 2 is 1.68 bits per heavy atom. The molecule has 0 aliphatic carbocycles. The maximum absolute atomic E-state index is 12.4. The second-order valence-corrected chi connectivity index (χ2v) is 9.15. The monoisotopic (exact) mass is 432 g/mol. The number of amides is 3. The largest absolute Gasteiger partial charge is 0.444 e. The van der Waals surface area contributed by atoms with Crippen molar-refractivity contribution in [2.75, 3.05) is 45.2 Å². The van der Waals surface area contributed by atoms with Crippen LogP contribution in [0.3, 0.4) is 0 Å². The number of benzene rings is 1. The second-order valence-electron chi connectivity index (χ2n) is 9.15. The van der Waals surface area contributed by atoms with Crippen molar-refractivity contribution in [3.05, 3.63) is 29.8 Å². The van der Waals surface area contributed by atoms with E-state index in [9.17, 15) is 14.4 Å². The molecule has 8 nitrogen and oxygen atoms in total. The minimum Gasteiger partial charge on any atom is -0.444 e. The topological polar surface area (TPSA) is 91.0 Å². The van der Waals surface area contributed by atoms with Crippen LogP contribution in [0.5, 0.6) is 0 Å². The van der Waals surface area contributed by atoms with Gasteiger partial charge < -0.3 is 25.2 Å². The molecule has 2 N–H and O–H groups in total. The lowest BCUT2D eigenvalue weighted by Crippen LogP contribution is -2.42. The fraction of sp³-hybridized carbons (Fsp3) is 0.609. The fourth-order valence-corrected chi connectivity index (χ4v) is 3.38. The summed E-state index contributed by atoms with van der Waals surface area (Å²) in [4.78, 5) is 40.2. The summed E-state index contributed by atoms with van der Waals surface area (Å²) < 4.78 is 5.16. The van der Waals surface area contributed by atoms with Crippen LogP contribution in [-0.4, -0.2) is 68.7 Å². The van der Waals surface area contributed by atoms with Gasteiger partial charge in [0.1, 0.15) is 5.60 Å². The van der Waals surface area contributed by atoms with Gasteiger partial charge in [-0.1, -0.05) is 0 Å². The molecule has 1 aliphatic heterocycles. The first kappa shape index (κ1) is 24.5. The average molecular weight is 433 g/mol. The molecule has 1 aromatic rings. The molecular formula is C23H36N4O4.